The molecule has 12 heteroatoms. The predicted molar refractivity (Wildman–Crippen MR) is 316 cm³/mol. The molecular formula is C69H80O12. The molecule has 2 unspecified atom stereocenters. The maximum absolute atomic E-state index is 12.9. The van der Waals surface area contributed by atoms with Crippen molar-refractivity contribution >= 4 is 35.8 Å². The highest BCUT2D eigenvalue weighted by molar-refractivity contribution is 5.93. The topological polar surface area (TPSA) is 158 Å². The van der Waals surface area contributed by atoms with E-state index in [2.05, 4.69) is 13.8 Å². The molecule has 0 bridgehead atoms. The molecule has 0 N–H and O–H groups in total. The number of esters is 6. The van der Waals surface area contributed by atoms with Crippen molar-refractivity contribution in [1.29, 1.82) is 0 Å². The summed E-state index contributed by atoms with van der Waals surface area (Å²) < 4.78 is 33.5. The Morgan fingerprint density at radius 1 is 0.296 bits per heavy atom. The number of rotatable bonds is 34. The lowest BCUT2D eigenvalue weighted by Gasteiger charge is -2.13. The Bertz CT molecular complexity index is 2670. The van der Waals surface area contributed by atoms with E-state index in [1.54, 1.807) is 97.1 Å². The van der Waals surface area contributed by atoms with Crippen molar-refractivity contribution in [3.05, 3.63) is 168 Å². The first-order chi connectivity index (χ1) is 39.4. The van der Waals surface area contributed by atoms with Crippen LogP contribution in [0.25, 0.3) is 22.3 Å². The van der Waals surface area contributed by atoms with Gasteiger partial charge in [0, 0.05) is 12.8 Å². The van der Waals surface area contributed by atoms with Gasteiger partial charge in [-0.15, -0.1) is 0 Å². The average molecular weight is 1100 g/mol. The third-order valence-electron chi connectivity index (χ3n) is 14.0. The van der Waals surface area contributed by atoms with Crippen molar-refractivity contribution in [1.82, 2.24) is 0 Å². The van der Waals surface area contributed by atoms with Gasteiger partial charge in [0.05, 0.1) is 34.5 Å². The van der Waals surface area contributed by atoms with E-state index < -0.39 is 11.9 Å². The standard InChI is InChI=1S/C69H80O12/c1-5-7-9-11-14-18-22-50(3)76-66(72)56-30-26-52(27-31-56)54-34-42-62(43-35-54)80-68(74)58-38-46-60(47-39-58)78-64(70)24-20-16-13-17-21-25-65(71)79-61-48-40-59(41-49-61)69(75)81-63-44-36-55(37-45-63)53-28-32-57(33-29-53)67(73)77-51(4)23-19-15-12-10-8-6-2/h26-51H,5-25H2,1-4H3. The fourth-order valence-electron chi connectivity index (χ4n) is 9.16. The van der Waals surface area contributed by atoms with Gasteiger partial charge < -0.3 is 28.4 Å². The van der Waals surface area contributed by atoms with Crippen LogP contribution in [0.2, 0.25) is 0 Å². The van der Waals surface area contributed by atoms with E-state index in [-0.39, 0.29) is 48.9 Å². The van der Waals surface area contributed by atoms with Crippen molar-refractivity contribution in [2.45, 2.75) is 175 Å². The lowest BCUT2D eigenvalue weighted by molar-refractivity contribution is -0.135. The first-order valence-electron chi connectivity index (χ1n) is 29.3. The van der Waals surface area contributed by atoms with Crippen molar-refractivity contribution in [3.63, 3.8) is 0 Å². The summed E-state index contributed by atoms with van der Waals surface area (Å²) >= 11 is 0. The van der Waals surface area contributed by atoms with E-state index in [0.29, 0.717) is 58.1 Å². The highest BCUT2D eigenvalue weighted by atomic mass is 16.6. The molecule has 81 heavy (non-hydrogen) atoms. The van der Waals surface area contributed by atoms with Gasteiger partial charge in [-0.3, -0.25) is 9.59 Å². The largest absolute Gasteiger partial charge is 0.459 e. The minimum atomic E-state index is -0.554. The lowest BCUT2D eigenvalue weighted by Crippen LogP contribution is -2.15. The number of unbranched alkanes of at least 4 members (excludes halogenated alkanes) is 14. The van der Waals surface area contributed by atoms with E-state index in [1.807, 2.05) is 62.4 Å². The summed E-state index contributed by atoms with van der Waals surface area (Å²) in [5.74, 6) is -1.14. The van der Waals surface area contributed by atoms with Crippen LogP contribution in [0.15, 0.2) is 146 Å². The minimum Gasteiger partial charge on any atom is -0.459 e. The molecule has 0 aliphatic carbocycles. The molecule has 6 rings (SSSR count). The van der Waals surface area contributed by atoms with Crippen LogP contribution >= 0.6 is 0 Å². The summed E-state index contributed by atoms with van der Waals surface area (Å²) in [5, 5.41) is 0. The van der Waals surface area contributed by atoms with Crippen molar-refractivity contribution < 1.29 is 57.2 Å². The van der Waals surface area contributed by atoms with Crippen LogP contribution in [0.5, 0.6) is 23.0 Å². The molecule has 2 atom stereocenters. The van der Waals surface area contributed by atoms with E-state index in [9.17, 15) is 28.8 Å². The second kappa shape index (κ2) is 34.3. The number of carbonyl (C=O) groups is 6. The molecule has 6 aromatic rings. The number of carbonyl (C=O) groups excluding carboxylic acids is 6. The Hall–Kier alpha value is -7.86. The monoisotopic (exact) mass is 1100 g/mol. The van der Waals surface area contributed by atoms with Gasteiger partial charge in [-0.25, -0.2) is 19.2 Å². The van der Waals surface area contributed by atoms with Gasteiger partial charge in [0.2, 0.25) is 0 Å². The molecule has 0 spiro atoms. The summed E-state index contributed by atoms with van der Waals surface area (Å²) in [5.41, 5.74) is 5.19. The summed E-state index contributed by atoms with van der Waals surface area (Å²) in [4.78, 5) is 76.3. The molecule has 0 fully saturated rings. The van der Waals surface area contributed by atoms with E-state index in [0.717, 1.165) is 80.0 Å². The minimum absolute atomic E-state index is 0.133. The van der Waals surface area contributed by atoms with Gasteiger partial charge in [0.25, 0.3) is 0 Å². The summed E-state index contributed by atoms with van der Waals surface area (Å²) in [6, 6.07) is 41.1. The Morgan fingerprint density at radius 2 is 0.543 bits per heavy atom. The Kier molecular flexibility index (Phi) is 26.4. The lowest BCUT2D eigenvalue weighted by atomic mass is 10.0. The molecule has 0 amide bonds. The first kappa shape index (κ1) is 62.3. The van der Waals surface area contributed by atoms with Crippen LogP contribution < -0.4 is 18.9 Å². The van der Waals surface area contributed by atoms with E-state index in [1.165, 1.54) is 51.4 Å². The third-order valence-corrected chi connectivity index (χ3v) is 14.0. The predicted octanol–water partition coefficient (Wildman–Crippen LogP) is 17.3. The number of hydrogen-bond donors (Lipinski definition) is 0. The molecule has 12 nitrogen and oxygen atoms in total. The number of hydrogen-bond acceptors (Lipinski definition) is 12. The smallest absolute Gasteiger partial charge is 0.343 e. The molecular weight excluding hydrogens is 1020 g/mol. The summed E-state index contributed by atoms with van der Waals surface area (Å²) in [7, 11) is 0. The molecule has 0 aromatic heterocycles. The van der Waals surface area contributed by atoms with E-state index in [4.69, 9.17) is 28.4 Å². The highest BCUT2D eigenvalue weighted by Gasteiger charge is 2.17. The molecule has 0 radical (unpaired) electrons. The van der Waals surface area contributed by atoms with Gasteiger partial charge >= 0.3 is 35.8 Å². The second-order valence-corrected chi connectivity index (χ2v) is 20.8. The van der Waals surface area contributed by atoms with Crippen LogP contribution in [-0.4, -0.2) is 48.0 Å². The van der Waals surface area contributed by atoms with Gasteiger partial charge in [-0.2, -0.15) is 0 Å². The Balaban J connectivity index is 0.799. The van der Waals surface area contributed by atoms with Gasteiger partial charge in [0.15, 0.2) is 0 Å². The van der Waals surface area contributed by atoms with Crippen molar-refractivity contribution in [2.75, 3.05) is 0 Å². The Morgan fingerprint density at radius 3 is 0.877 bits per heavy atom. The number of benzene rings is 6. The number of ether oxygens (including phenoxy) is 6. The van der Waals surface area contributed by atoms with Gasteiger partial charge in [-0.1, -0.05) is 146 Å². The normalized spacial score (nSPS) is 11.7. The maximum atomic E-state index is 12.9. The zero-order valence-corrected chi connectivity index (χ0v) is 47.8. The molecule has 0 aliphatic heterocycles. The maximum Gasteiger partial charge on any atom is 0.343 e. The molecule has 0 saturated carbocycles. The van der Waals surface area contributed by atoms with Crippen LogP contribution in [-0.2, 0) is 19.1 Å². The fraction of sp³-hybridized carbons (Fsp3) is 0.391. The second-order valence-electron chi connectivity index (χ2n) is 20.8. The van der Waals surface area contributed by atoms with Crippen molar-refractivity contribution in [3.8, 4) is 45.3 Å². The quantitative estimate of drug-likeness (QED) is 0.0214. The van der Waals surface area contributed by atoms with Crippen LogP contribution in [0.4, 0.5) is 0 Å². The molecule has 6 aromatic carbocycles. The van der Waals surface area contributed by atoms with Gasteiger partial charge in [-0.05, 0) is 172 Å². The highest BCUT2D eigenvalue weighted by Crippen LogP contribution is 2.27. The van der Waals surface area contributed by atoms with Gasteiger partial charge in [0.1, 0.15) is 23.0 Å². The summed E-state index contributed by atoms with van der Waals surface area (Å²) in [6.07, 6.45) is 19.9. The van der Waals surface area contributed by atoms with Crippen LogP contribution in [0.1, 0.15) is 204 Å². The molecule has 0 aliphatic rings. The molecule has 0 heterocycles. The SMILES string of the molecule is CCCCCCCCC(C)OC(=O)c1ccc(-c2ccc(OC(=O)c3ccc(OC(=O)CCCCCCCC(=O)Oc4ccc(C(=O)Oc5ccc(-c6ccc(C(=O)OC(C)CCCCCCCC)cc6)cc5)cc4)cc3)cc2)cc1. The van der Waals surface area contributed by atoms with Crippen LogP contribution in [0, 0.1) is 0 Å². The Labute approximate surface area is 478 Å². The summed E-state index contributed by atoms with van der Waals surface area (Å²) in [6.45, 7) is 8.30. The van der Waals surface area contributed by atoms with Crippen LogP contribution in [0.3, 0.4) is 0 Å². The van der Waals surface area contributed by atoms with Crippen molar-refractivity contribution in [2.24, 2.45) is 0 Å². The average Bonchev–Trinajstić information content (AvgIpc) is 3.51. The van der Waals surface area contributed by atoms with E-state index >= 15 is 0 Å². The third kappa shape index (κ3) is 22.3. The fourth-order valence-corrected chi connectivity index (χ4v) is 9.16. The molecule has 0 saturated heterocycles. The molecule has 428 valence electrons. The zero-order valence-electron chi connectivity index (χ0n) is 47.8. The first-order valence-corrected chi connectivity index (χ1v) is 29.3. The zero-order chi connectivity index (χ0) is 57.6.